The molecule has 5 heteroatoms. The van der Waals surface area contributed by atoms with Crippen molar-refractivity contribution in [1.29, 1.82) is 5.26 Å². The first kappa shape index (κ1) is 18.0. The summed E-state index contributed by atoms with van der Waals surface area (Å²) in [6.07, 6.45) is 2.54. The van der Waals surface area contributed by atoms with Gasteiger partial charge in [-0.1, -0.05) is 13.0 Å². The van der Waals surface area contributed by atoms with Gasteiger partial charge in [0.25, 0.3) is 5.91 Å². The summed E-state index contributed by atoms with van der Waals surface area (Å²) in [7, 11) is 0. The lowest BCUT2D eigenvalue weighted by molar-refractivity contribution is -0.120. The molecule has 0 aromatic heterocycles. The van der Waals surface area contributed by atoms with Crippen LogP contribution in [-0.4, -0.2) is 23.7 Å². The molecule has 0 bridgehead atoms. The number of hydrogen-bond acceptors (Lipinski definition) is 4. The van der Waals surface area contributed by atoms with Gasteiger partial charge in [0.05, 0.1) is 12.3 Å². The lowest BCUT2D eigenvalue weighted by Crippen LogP contribution is -2.51. The van der Waals surface area contributed by atoms with E-state index in [1.807, 2.05) is 6.07 Å². The molecular weight excluding hydrogens is 300 g/mol. The van der Waals surface area contributed by atoms with Crippen LogP contribution in [0.25, 0.3) is 0 Å². The van der Waals surface area contributed by atoms with Crippen LogP contribution in [0.3, 0.4) is 0 Å². The Morgan fingerprint density at radius 3 is 2.88 bits per heavy atom. The number of anilines is 1. The zero-order valence-electron chi connectivity index (χ0n) is 15.1. The Hall–Kier alpha value is -2.35. The Bertz CT molecular complexity index is 685. The number of hydrazone groups is 1. The second kappa shape index (κ2) is 7.04. The average Bonchev–Trinajstić information content (AvgIpc) is 2.46. The molecule has 1 unspecified atom stereocenters. The number of rotatable bonds is 4. The van der Waals surface area contributed by atoms with Gasteiger partial charge < -0.3 is 4.90 Å². The van der Waals surface area contributed by atoms with Crippen LogP contribution in [0.1, 0.15) is 64.5 Å². The fourth-order valence-corrected chi connectivity index (χ4v) is 3.82. The van der Waals surface area contributed by atoms with Crippen molar-refractivity contribution in [3.63, 3.8) is 0 Å². The number of amides is 1. The molecule has 2 rings (SSSR count). The first-order valence-electron chi connectivity index (χ1n) is 8.38. The number of nitriles is 1. The number of hydrogen-bond donors (Lipinski definition) is 1. The first-order chi connectivity index (χ1) is 11.3. The Labute approximate surface area is 144 Å². The van der Waals surface area contributed by atoms with E-state index in [2.05, 4.69) is 62.2 Å². The molecule has 0 radical (unpaired) electrons. The summed E-state index contributed by atoms with van der Waals surface area (Å²) >= 11 is 0. The zero-order chi connectivity index (χ0) is 17.9. The summed E-state index contributed by atoms with van der Waals surface area (Å²) in [5, 5.41) is 12.4. The molecule has 1 aromatic carbocycles. The largest absolute Gasteiger partial charge is 0.364 e. The first-order valence-corrected chi connectivity index (χ1v) is 8.38. The highest BCUT2D eigenvalue weighted by molar-refractivity contribution is 5.84. The Balaban J connectivity index is 2.27. The van der Waals surface area contributed by atoms with Gasteiger partial charge in [-0.05, 0) is 63.3 Å². The number of carbonyl (C=O) groups is 1. The molecule has 0 spiro atoms. The summed E-state index contributed by atoms with van der Waals surface area (Å²) < 4.78 is 0. The van der Waals surface area contributed by atoms with Gasteiger partial charge in [0.15, 0.2) is 0 Å². The smallest absolute Gasteiger partial charge is 0.254 e. The molecule has 1 N–H and O–H groups in total. The minimum Gasteiger partial charge on any atom is -0.364 e. The maximum atomic E-state index is 11.3. The van der Waals surface area contributed by atoms with Gasteiger partial charge in [0.1, 0.15) is 6.42 Å². The molecule has 24 heavy (non-hydrogen) atoms. The fraction of sp³-hybridized carbons (Fsp3) is 0.526. The third-order valence-corrected chi connectivity index (χ3v) is 4.46. The molecule has 0 saturated carbocycles. The molecule has 1 atom stereocenters. The van der Waals surface area contributed by atoms with Crippen LogP contribution in [0.5, 0.6) is 0 Å². The topological polar surface area (TPSA) is 68.5 Å². The van der Waals surface area contributed by atoms with E-state index >= 15 is 0 Å². The molecule has 0 saturated heterocycles. The van der Waals surface area contributed by atoms with Crippen LogP contribution >= 0.6 is 0 Å². The third-order valence-electron chi connectivity index (χ3n) is 4.46. The summed E-state index contributed by atoms with van der Waals surface area (Å²) in [6.45, 7) is 11.3. The van der Waals surface area contributed by atoms with Crippen molar-refractivity contribution < 1.29 is 4.79 Å². The van der Waals surface area contributed by atoms with Gasteiger partial charge >= 0.3 is 0 Å². The van der Waals surface area contributed by atoms with E-state index in [-0.39, 0.29) is 12.0 Å². The van der Waals surface area contributed by atoms with E-state index in [1.165, 1.54) is 11.3 Å². The van der Waals surface area contributed by atoms with Crippen LogP contribution in [-0.2, 0) is 4.79 Å². The highest BCUT2D eigenvalue weighted by Gasteiger charge is 2.37. The predicted octanol–water partition coefficient (Wildman–Crippen LogP) is 3.55. The minimum atomic E-state index is -0.396. The highest BCUT2D eigenvalue weighted by Crippen LogP contribution is 2.44. The molecule has 1 aromatic rings. The summed E-state index contributed by atoms with van der Waals surface area (Å²) in [6, 6.07) is 8.52. The van der Waals surface area contributed by atoms with E-state index in [0.717, 1.165) is 12.0 Å². The van der Waals surface area contributed by atoms with E-state index in [4.69, 9.17) is 5.26 Å². The summed E-state index contributed by atoms with van der Waals surface area (Å²) in [5.41, 5.74) is 6.03. The fourth-order valence-electron chi connectivity index (χ4n) is 3.82. The predicted molar refractivity (Wildman–Crippen MR) is 97.1 cm³/mol. The molecule has 1 aliphatic heterocycles. The normalized spacial score (nSPS) is 19.2. The van der Waals surface area contributed by atoms with Gasteiger partial charge in [-0.2, -0.15) is 10.4 Å². The Kier molecular flexibility index (Phi) is 5.28. The standard InChI is InChI=1S/C19H26N4O/c1-13(2)23-17-7-6-15(12-21-22-18(24)8-9-20)10-16(17)14(3)11-19(23,4)5/h6-7,10,12-14H,8,11H2,1-5H3,(H,22,24)/b21-12+. The van der Waals surface area contributed by atoms with Crippen molar-refractivity contribution >= 4 is 17.8 Å². The van der Waals surface area contributed by atoms with Crippen molar-refractivity contribution in [2.75, 3.05) is 4.90 Å². The maximum absolute atomic E-state index is 11.3. The summed E-state index contributed by atoms with van der Waals surface area (Å²) in [4.78, 5) is 13.7. The number of benzene rings is 1. The highest BCUT2D eigenvalue weighted by atomic mass is 16.2. The van der Waals surface area contributed by atoms with Gasteiger partial charge in [-0.15, -0.1) is 0 Å². The molecule has 1 aliphatic rings. The van der Waals surface area contributed by atoms with E-state index in [0.29, 0.717) is 12.0 Å². The van der Waals surface area contributed by atoms with Gasteiger partial charge in [-0.25, -0.2) is 5.43 Å². The molecule has 1 amide bonds. The van der Waals surface area contributed by atoms with Crippen LogP contribution in [0.4, 0.5) is 5.69 Å². The van der Waals surface area contributed by atoms with Crippen LogP contribution in [0, 0.1) is 11.3 Å². The van der Waals surface area contributed by atoms with Crippen LogP contribution < -0.4 is 10.3 Å². The second-order valence-corrected chi connectivity index (χ2v) is 7.33. The van der Waals surface area contributed by atoms with E-state index in [1.54, 1.807) is 12.3 Å². The van der Waals surface area contributed by atoms with Crippen molar-refractivity contribution in [3.05, 3.63) is 29.3 Å². The second-order valence-electron chi connectivity index (χ2n) is 7.33. The zero-order valence-corrected chi connectivity index (χ0v) is 15.1. The number of carbonyl (C=O) groups excluding carboxylic acids is 1. The lowest BCUT2D eigenvalue weighted by Gasteiger charge is -2.50. The number of nitrogens with zero attached hydrogens (tertiary/aromatic N) is 3. The van der Waals surface area contributed by atoms with Gasteiger partial charge in [0.2, 0.25) is 0 Å². The van der Waals surface area contributed by atoms with E-state index < -0.39 is 5.91 Å². The molecule has 0 aliphatic carbocycles. The van der Waals surface area contributed by atoms with Crippen LogP contribution in [0.2, 0.25) is 0 Å². The minimum absolute atomic E-state index is 0.126. The van der Waals surface area contributed by atoms with Crippen molar-refractivity contribution in [2.45, 2.75) is 65.0 Å². The van der Waals surface area contributed by atoms with Crippen molar-refractivity contribution in [2.24, 2.45) is 5.10 Å². The molecule has 128 valence electrons. The number of nitrogens with one attached hydrogen (secondary N) is 1. The molecule has 1 heterocycles. The molecule has 5 nitrogen and oxygen atoms in total. The van der Waals surface area contributed by atoms with E-state index in [9.17, 15) is 4.79 Å². The van der Waals surface area contributed by atoms with Crippen molar-refractivity contribution in [3.8, 4) is 6.07 Å². The Morgan fingerprint density at radius 1 is 1.54 bits per heavy atom. The van der Waals surface area contributed by atoms with Gasteiger partial charge in [-0.3, -0.25) is 4.79 Å². The molecular formula is C19H26N4O. The quantitative estimate of drug-likeness (QED) is 0.679. The lowest BCUT2D eigenvalue weighted by atomic mass is 9.79. The number of fused-ring (bicyclic) bond motifs is 1. The third kappa shape index (κ3) is 3.76. The van der Waals surface area contributed by atoms with Crippen molar-refractivity contribution in [1.82, 2.24) is 5.43 Å². The van der Waals surface area contributed by atoms with Gasteiger partial charge in [0, 0.05) is 17.3 Å². The SMILES string of the molecule is CC1CC(C)(C)N(C(C)C)c2ccc(/C=N/NC(=O)CC#N)cc21. The average molecular weight is 326 g/mol. The monoisotopic (exact) mass is 326 g/mol. The molecule has 0 fully saturated rings. The summed E-state index contributed by atoms with van der Waals surface area (Å²) in [5.74, 6) is 0.0688. The maximum Gasteiger partial charge on any atom is 0.254 e. The van der Waals surface area contributed by atoms with Crippen LogP contribution in [0.15, 0.2) is 23.3 Å². The Morgan fingerprint density at radius 2 is 2.25 bits per heavy atom.